The zero-order valence-corrected chi connectivity index (χ0v) is 7.89. The van der Waals surface area contributed by atoms with E-state index in [4.69, 9.17) is 9.68 Å². The summed E-state index contributed by atoms with van der Waals surface area (Å²) in [6.45, 7) is 3.75. The normalized spacial score (nSPS) is 12.4. The van der Waals surface area contributed by atoms with Crippen molar-refractivity contribution in [2.45, 2.75) is 19.1 Å². The van der Waals surface area contributed by atoms with Gasteiger partial charge in [-0.15, -0.1) is 0 Å². The molecular weight excluding hydrogens is 172 g/mol. The highest BCUT2D eigenvalue weighted by Gasteiger charge is 2.04. The maximum Gasteiger partial charge on any atom is 0.255 e. The lowest BCUT2D eigenvalue weighted by atomic mass is 10.3. The van der Waals surface area contributed by atoms with Gasteiger partial charge in [0.05, 0.1) is 17.7 Å². The Morgan fingerprint density at radius 2 is 2.58 bits per heavy atom. The zero-order valence-electron chi connectivity index (χ0n) is 7.07. The number of thioether (sulfide) groups is 1. The molecule has 0 aliphatic rings. The van der Waals surface area contributed by atoms with Gasteiger partial charge in [0.15, 0.2) is 0 Å². The molecule has 0 saturated carbocycles. The van der Waals surface area contributed by atoms with Crippen LogP contribution in [-0.4, -0.2) is 10.7 Å². The van der Waals surface area contributed by atoms with Crippen molar-refractivity contribution in [3.05, 3.63) is 12.0 Å². The van der Waals surface area contributed by atoms with Crippen LogP contribution in [0.25, 0.3) is 0 Å². The fourth-order valence-electron chi connectivity index (χ4n) is 0.632. The number of rotatable bonds is 3. The molecule has 0 aliphatic heterocycles. The molecule has 64 valence electrons. The van der Waals surface area contributed by atoms with Crippen LogP contribution in [0.2, 0.25) is 0 Å². The van der Waals surface area contributed by atoms with Gasteiger partial charge in [-0.05, 0) is 13.8 Å². The molecule has 4 heteroatoms. The zero-order chi connectivity index (χ0) is 8.97. The molecule has 1 atom stereocenters. The summed E-state index contributed by atoms with van der Waals surface area (Å²) in [5, 5.41) is 9.15. The second-order valence-electron chi connectivity index (χ2n) is 2.60. The minimum absolute atomic E-state index is 0.0437. The Labute approximate surface area is 75.8 Å². The molecule has 0 bridgehead atoms. The molecule has 0 spiro atoms. The van der Waals surface area contributed by atoms with E-state index in [-0.39, 0.29) is 5.92 Å². The SMILES string of the molecule is Cc1coc(SCC(C)C#N)n1. The third-order valence-electron chi connectivity index (χ3n) is 1.28. The fraction of sp³-hybridized carbons (Fsp3) is 0.500. The predicted octanol–water partition coefficient (Wildman–Crippen LogP) is 2.23. The van der Waals surface area contributed by atoms with Crippen LogP contribution in [0.1, 0.15) is 12.6 Å². The van der Waals surface area contributed by atoms with E-state index in [1.807, 2.05) is 13.8 Å². The molecule has 0 aliphatic carbocycles. The largest absolute Gasteiger partial charge is 0.440 e. The summed E-state index contributed by atoms with van der Waals surface area (Å²) in [6, 6.07) is 2.15. The van der Waals surface area contributed by atoms with E-state index in [2.05, 4.69) is 11.1 Å². The second kappa shape index (κ2) is 4.17. The first kappa shape index (κ1) is 9.14. The van der Waals surface area contributed by atoms with Gasteiger partial charge >= 0.3 is 0 Å². The van der Waals surface area contributed by atoms with Crippen molar-refractivity contribution in [2.75, 3.05) is 5.75 Å². The lowest BCUT2D eigenvalue weighted by Crippen LogP contribution is -1.92. The standard InChI is InChI=1S/C8H10N2OS/c1-6(3-9)5-12-8-10-7(2)4-11-8/h4,6H,5H2,1-2H3. The van der Waals surface area contributed by atoms with Gasteiger partial charge in [-0.3, -0.25) is 0 Å². The van der Waals surface area contributed by atoms with Crippen LogP contribution in [0.4, 0.5) is 0 Å². The molecule has 0 aromatic carbocycles. The molecule has 1 aromatic heterocycles. The van der Waals surface area contributed by atoms with Crippen molar-refractivity contribution in [3.8, 4) is 6.07 Å². The summed E-state index contributed by atoms with van der Waals surface area (Å²) in [7, 11) is 0. The molecule has 0 amide bonds. The van der Waals surface area contributed by atoms with Crippen molar-refractivity contribution < 1.29 is 4.42 Å². The van der Waals surface area contributed by atoms with Crippen LogP contribution >= 0.6 is 11.8 Å². The predicted molar refractivity (Wildman–Crippen MR) is 46.7 cm³/mol. The van der Waals surface area contributed by atoms with E-state index in [0.29, 0.717) is 5.22 Å². The van der Waals surface area contributed by atoms with Crippen LogP contribution in [0.15, 0.2) is 15.9 Å². The third kappa shape index (κ3) is 2.59. The highest BCUT2D eigenvalue weighted by atomic mass is 32.2. The van der Waals surface area contributed by atoms with Crippen molar-refractivity contribution in [3.63, 3.8) is 0 Å². The number of hydrogen-bond donors (Lipinski definition) is 0. The number of aromatic nitrogens is 1. The molecule has 0 fully saturated rings. The quantitative estimate of drug-likeness (QED) is 0.672. The Morgan fingerprint density at radius 1 is 1.83 bits per heavy atom. The van der Waals surface area contributed by atoms with E-state index in [1.165, 1.54) is 11.8 Å². The first-order valence-corrected chi connectivity index (χ1v) is 4.65. The molecule has 1 rings (SSSR count). The van der Waals surface area contributed by atoms with E-state index in [1.54, 1.807) is 6.26 Å². The molecule has 0 saturated heterocycles. The van der Waals surface area contributed by atoms with Gasteiger partial charge in [0.1, 0.15) is 6.26 Å². The molecule has 1 unspecified atom stereocenters. The van der Waals surface area contributed by atoms with Crippen LogP contribution in [-0.2, 0) is 0 Å². The van der Waals surface area contributed by atoms with E-state index < -0.39 is 0 Å². The Balaban J connectivity index is 2.39. The summed E-state index contributed by atoms with van der Waals surface area (Å²) in [5.41, 5.74) is 0.877. The molecule has 0 N–H and O–H groups in total. The summed E-state index contributed by atoms with van der Waals surface area (Å²) >= 11 is 1.47. The van der Waals surface area contributed by atoms with Gasteiger partial charge in [-0.25, -0.2) is 4.98 Å². The van der Waals surface area contributed by atoms with Crippen LogP contribution in [0.5, 0.6) is 0 Å². The first-order chi connectivity index (χ1) is 5.72. The maximum absolute atomic E-state index is 8.50. The summed E-state index contributed by atoms with van der Waals surface area (Å²) in [5.74, 6) is 0.776. The highest BCUT2D eigenvalue weighted by molar-refractivity contribution is 7.99. The van der Waals surface area contributed by atoms with Crippen LogP contribution < -0.4 is 0 Å². The van der Waals surface area contributed by atoms with Crippen molar-refractivity contribution in [2.24, 2.45) is 5.92 Å². The van der Waals surface area contributed by atoms with Crippen molar-refractivity contribution >= 4 is 11.8 Å². The van der Waals surface area contributed by atoms with Crippen molar-refractivity contribution in [1.82, 2.24) is 4.98 Å². The van der Waals surface area contributed by atoms with Crippen LogP contribution in [0.3, 0.4) is 0 Å². The molecule has 1 heterocycles. The Morgan fingerprint density at radius 3 is 3.08 bits per heavy atom. The average Bonchev–Trinajstić information content (AvgIpc) is 2.47. The van der Waals surface area contributed by atoms with Gasteiger partial charge < -0.3 is 4.42 Å². The van der Waals surface area contributed by atoms with E-state index in [9.17, 15) is 0 Å². The Kier molecular flexibility index (Phi) is 3.18. The van der Waals surface area contributed by atoms with Gasteiger partial charge in [-0.2, -0.15) is 5.26 Å². The highest BCUT2D eigenvalue weighted by Crippen LogP contribution is 2.19. The number of nitrogens with zero attached hydrogens (tertiary/aromatic N) is 2. The fourth-order valence-corrected chi connectivity index (χ4v) is 1.42. The monoisotopic (exact) mass is 182 g/mol. The average molecular weight is 182 g/mol. The maximum atomic E-state index is 8.50. The lowest BCUT2D eigenvalue weighted by molar-refractivity contribution is 0.453. The molecule has 12 heavy (non-hydrogen) atoms. The van der Waals surface area contributed by atoms with E-state index >= 15 is 0 Å². The van der Waals surface area contributed by atoms with E-state index in [0.717, 1.165) is 11.4 Å². The Hall–Kier alpha value is -0.950. The van der Waals surface area contributed by atoms with Gasteiger partial charge in [-0.1, -0.05) is 11.8 Å². The molecule has 0 radical (unpaired) electrons. The second-order valence-corrected chi connectivity index (χ2v) is 3.57. The first-order valence-electron chi connectivity index (χ1n) is 3.67. The number of oxazole rings is 1. The topological polar surface area (TPSA) is 49.8 Å². The van der Waals surface area contributed by atoms with Gasteiger partial charge in [0, 0.05) is 5.75 Å². The summed E-state index contributed by atoms with van der Waals surface area (Å²) in [4.78, 5) is 4.10. The third-order valence-corrected chi connectivity index (χ3v) is 2.38. The summed E-state index contributed by atoms with van der Waals surface area (Å²) < 4.78 is 5.10. The van der Waals surface area contributed by atoms with Crippen LogP contribution in [0, 0.1) is 24.2 Å². The molecular formula is C8H10N2OS. The van der Waals surface area contributed by atoms with Gasteiger partial charge in [0.2, 0.25) is 0 Å². The minimum Gasteiger partial charge on any atom is -0.440 e. The minimum atomic E-state index is 0.0437. The molecule has 3 nitrogen and oxygen atoms in total. The van der Waals surface area contributed by atoms with Gasteiger partial charge in [0.25, 0.3) is 5.22 Å². The smallest absolute Gasteiger partial charge is 0.255 e. The lowest BCUT2D eigenvalue weighted by Gasteiger charge is -1.96. The Bertz CT molecular complexity index is 289. The van der Waals surface area contributed by atoms with Crippen molar-refractivity contribution in [1.29, 1.82) is 5.26 Å². The number of nitriles is 1. The molecule has 1 aromatic rings. The number of hydrogen-bond acceptors (Lipinski definition) is 4. The summed E-state index contributed by atoms with van der Waals surface area (Å²) in [6.07, 6.45) is 1.61. The number of aryl methyl sites for hydroxylation is 1.